The molecule has 130 valence electrons. The van der Waals surface area contributed by atoms with Gasteiger partial charge in [-0.05, 0) is 38.1 Å². The highest BCUT2D eigenvalue weighted by atomic mass is 19.4. The molecule has 0 radical (unpaired) electrons. The summed E-state index contributed by atoms with van der Waals surface area (Å²) in [4.78, 5) is 12.2. The molecule has 0 saturated heterocycles. The van der Waals surface area contributed by atoms with Gasteiger partial charge in [0, 0.05) is 5.56 Å². The molecule has 0 unspecified atom stereocenters. The Kier molecular flexibility index (Phi) is 4.12. The van der Waals surface area contributed by atoms with E-state index in [2.05, 4.69) is 10.5 Å². The Hall–Kier alpha value is -3.03. The lowest BCUT2D eigenvalue weighted by Gasteiger charge is -2.07. The highest BCUT2D eigenvalue weighted by molar-refractivity contribution is 6.03. The van der Waals surface area contributed by atoms with Crippen LogP contribution in [-0.2, 0) is 6.18 Å². The number of furan rings is 1. The van der Waals surface area contributed by atoms with Crippen molar-refractivity contribution in [2.24, 2.45) is 0 Å². The van der Waals surface area contributed by atoms with Crippen LogP contribution in [0.1, 0.15) is 27.6 Å². The molecule has 2 aromatic heterocycles. The smallest absolute Gasteiger partial charge is 0.416 e. The number of halogens is 3. The Bertz CT molecular complexity index is 906. The van der Waals surface area contributed by atoms with E-state index in [4.69, 9.17) is 8.94 Å². The summed E-state index contributed by atoms with van der Waals surface area (Å²) in [5, 5.41) is 6.33. The first-order valence-electron chi connectivity index (χ1n) is 7.27. The lowest BCUT2D eigenvalue weighted by Crippen LogP contribution is -2.11. The second-order valence-electron chi connectivity index (χ2n) is 5.40. The molecule has 0 aliphatic heterocycles. The van der Waals surface area contributed by atoms with Crippen LogP contribution in [0.3, 0.4) is 0 Å². The van der Waals surface area contributed by atoms with Crippen molar-refractivity contribution in [1.82, 2.24) is 5.16 Å². The van der Waals surface area contributed by atoms with Gasteiger partial charge in [0.2, 0.25) is 0 Å². The minimum absolute atomic E-state index is 0.0348. The number of alkyl halides is 3. The Balaban J connectivity index is 1.84. The van der Waals surface area contributed by atoms with Crippen molar-refractivity contribution in [2.45, 2.75) is 20.0 Å². The average Bonchev–Trinajstić information content (AvgIpc) is 3.17. The number of aromatic nitrogens is 1. The third-order valence-electron chi connectivity index (χ3n) is 3.58. The van der Waals surface area contributed by atoms with E-state index < -0.39 is 17.6 Å². The van der Waals surface area contributed by atoms with Crippen LogP contribution in [0.4, 0.5) is 18.9 Å². The molecule has 0 bridgehead atoms. The van der Waals surface area contributed by atoms with Gasteiger partial charge in [0.05, 0.1) is 5.56 Å². The van der Waals surface area contributed by atoms with Gasteiger partial charge >= 0.3 is 6.18 Å². The van der Waals surface area contributed by atoms with Gasteiger partial charge in [-0.25, -0.2) is 0 Å². The Morgan fingerprint density at radius 2 is 1.92 bits per heavy atom. The summed E-state index contributed by atoms with van der Waals surface area (Å²) < 4.78 is 48.7. The van der Waals surface area contributed by atoms with Crippen LogP contribution in [-0.4, -0.2) is 11.1 Å². The molecule has 0 fully saturated rings. The van der Waals surface area contributed by atoms with E-state index in [1.807, 2.05) is 0 Å². The summed E-state index contributed by atoms with van der Waals surface area (Å²) in [5.74, 6) is 0.0190. The summed E-state index contributed by atoms with van der Waals surface area (Å²) in [6, 6.07) is 7.53. The van der Waals surface area contributed by atoms with E-state index >= 15 is 0 Å². The number of aryl methyl sites for hydroxylation is 2. The monoisotopic (exact) mass is 350 g/mol. The van der Waals surface area contributed by atoms with Gasteiger partial charge in [0.25, 0.3) is 5.91 Å². The van der Waals surface area contributed by atoms with Gasteiger partial charge in [-0.3, -0.25) is 4.79 Å². The van der Waals surface area contributed by atoms with E-state index in [-0.39, 0.29) is 17.1 Å². The van der Waals surface area contributed by atoms with Crippen molar-refractivity contribution in [3.8, 4) is 11.3 Å². The van der Waals surface area contributed by atoms with Crippen LogP contribution in [0.2, 0.25) is 0 Å². The molecule has 2 heterocycles. The normalized spacial score (nSPS) is 11.6. The van der Waals surface area contributed by atoms with E-state index in [0.29, 0.717) is 17.1 Å². The molecule has 0 spiro atoms. The predicted octanol–water partition coefficient (Wildman–Crippen LogP) is 4.82. The number of nitrogens with one attached hydrogen (secondary N) is 1. The van der Waals surface area contributed by atoms with Crippen LogP contribution in [0.25, 0.3) is 11.3 Å². The van der Waals surface area contributed by atoms with Gasteiger partial charge in [-0.1, -0.05) is 17.3 Å². The second kappa shape index (κ2) is 6.12. The molecule has 0 atom stereocenters. The molecule has 0 saturated carbocycles. The maximum Gasteiger partial charge on any atom is 0.416 e. The first-order valence-corrected chi connectivity index (χ1v) is 7.27. The molecule has 1 N–H and O–H groups in total. The van der Waals surface area contributed by atoms with Crippen molar-refractivity contribution in [3.05, 3.63) is 59.2 Å². The summed E-state index contributed by atoms with van der Waals surface area (Å²) in [6.07, 6.45) is -4.45. The first kappa shape index (κ1) is 16.8. The number of nitrogens with zero attached hydrogens (tertiary/aromatic N) is 1. The first-order chi connectivity index (χ1) is 11.8. The Morgan fingerprint density at radius 3 is 2.56 bits per heavy atom. The third-order valence-corrected chi connectivity index (χ3v) is 3.58. The minimum Gasteiger partial charge on any atom is -0.451 e. The van der Waals surface area contributed by atoms with Gasteiger partial charge in [0.1, 0.15) is 17.1 Å². The number of carbonyl (C=O) groups excluding carboxylic acids is 1. The molecule has 0 aliphatic rings. The van der Waals surface area contributed by atoms with Gasteiger partial charge in [-0.15, -0.1) is 0 Å². The molecule has 1 aromatic carbocycles. The summed E-state index contributed by atoms with van der Waals surface area (Å²) >= 11 is 0. The van der Waals surface area contributed by atoms with Gasteiger partial charge < -0.3 is 14.3 Å². The third kappa shape index (κ3) is 3.42. The second-order valence-corrected chi connectivity index (χ2v) is 5.40. The largest absolute Gasteiger partial charge is 0.451 e. The summed E-state index contributed by atoms with van der Waals surface area (Å²) in [7, 11) is 0. The fraction of sp³-hybridized carbons (Fsp3) is 0.176. The van der Waals surface area contributed by atoms with Crippen molar-refractivity contribution in [3.63, 3.8) is 0 Å². The molecular weight excluding hydrogens is 337 g/mol. The number of benzene rings is 1. The van der Waals surface area contributed by atoms with Crippen LogP contribution in [0.15, 0.2) is 45.3 Å². The molecule has 0 aliphatic carbocycles. The zero-order valence-corrected chi connectivity index (χ0v) is 13.3. The lowest BCUT2D eigenvalue weighted by atomic mass is 10.1. The van der Waals surface area contributed by atoms with Crippen LogP contribution < -0.4 is 5.32 Å². The van der Waals surface area contributed by atoms with Crippen molar-refractivity contribution in [1.29, 1.82) is 0 Å². The summed E-state index contributed by atoms with van der Waals surface area (Å²) in [6.45, 7) is 3.31. The molecule has 3 aromatic rings. The topological polar surface area (TPSA) is 68.3 Å². The number of hydrogen-bond donors (Lipinski definition) is 1. The number of anilines is 1. The fourth-order valence-electron chi connectivity index (χ4n) is 2.30. The molecule has 3 rings (SSSR count). The average molecular weight is 350 g/mol. The number of amides is 1. The molecule has 1 amide bonds. The quantitative estimate of drug-likeness (QED) is 0.735. The summed E-state index contributed by atoms with van der Waals surface area (Å²) in [5.41, 5.74) is 0.381. The molecule has 8 heteroatoms. The SMILES string of the molecule is Cc1noc(C)c1NC(=O)c1ccc(-c2cccc(C(F)(F)F)c2)o1. The highest BCUT2D eigenvalue weighted by Crippen LogP contribution is 2.32. The number of rotatable bonds is 3. The maximum absolute atomic E-state index is 12.8. The van der Waals surface area contributed by atoms with E-state index in [1.54, 1.807) is 13.8 Å². The number of carbonyl (C=O) groups is 1. The molecule has 25 heavy (non-hydrogen) atoms. The van der Waals surface area contributed by atoms with E-state index in [1.165, 1.54) is 24.3 Å². The standard InChI is InChI=1S/C17H13F3N2O3/c1-9-15(10(2)25-22-9)21-16(23)14-7-6-13(24-14)11-4-3-5-12(8-11)17(18,19)20/h3-8H,1-2H3,(H,21,23). The molecule has 5 nitrogen and oxygen atoms in total. The zero-order chi connectivity index (χ0) is 18.2. The Labute approximate surface area is 140 Å². The minimum atomic E-state index is -4.45. The number of hydrogen-bond acceptors (Lipinski definition) is 4. The van der Waals surface area contributed by atoms with E-state index in [0.717, 1.165) is 12.1 Å². The van der Waals surface area contributed by atoms with Gasteiger partial charge in [-0.2, -0.15) is 13.2 Å². The highest BCUT2D eigenvalue weighted by Gasteiger charge is 2.30. The predicted molar refractivity (Wildman–Crippen MR) is 83.1 cm³/mol. The fourth-order valence-corrected chi connectivity index (χ4v) is 2.30. The van der Waals surface area contributed by atoms with Crippen LogP contribution >= 0.6 is 0 Å². The van der Waals surface area contributed by atoms with Crippen LogP contribution in [0.5, 0.6) is 0 Å². The van der Waals surface area contributed by atoms with E-state index in [9.17, 15) is 18.0 Å². The van der Waals surface area contributed by atoms with Crippen molar-refractivity contribution >= 4 is 11.6 Å². The Morgan fingerprint density at radius 1 is 1.16 bits per heavy atom. The van der Waals surface area contributed by atoms with Crippen LogP contribution in [0, 0.1) is 13.8 Å². The lowest BCUT2D eigenvalue weighted by molar-refractivity contribution is -0.137. The zero-order valence-electron chi connectivity index (χ0n) is 13.3. The van der Waals surface area contributed by atoms with Crippen molar-refractivity contribution < 1.29 is 26.9 Å². The van der Waals surface area contributed by atoms with Crippen molar-refractivity contribution in [2.75, 3.05) is 5.32 Å². The van der Waals surface area contributed by atoms with Gasteiger partial charge in [0.15, 0.2) is 11.5 Å². The molecular formula is C17H13F3N2O3. The maximum atomic E-state index is 12.8.